The van der Waals surface area contributed by atoms with Crippen LogP contribution in [0.5, 0.6) is 0 Å². The average molecular weight is 282 g/mol. The summed E-state index contributed by atoms with van der Waals surface area (Å²) in [6, 6.07) is 6.87. The van der Waals surface area contributed by atoms with Gasteiger partial charge in [-0.2, -0.15) is 0 Å². The Morgan fingerprint density at radius 1 is 1.25 bits per heavy atom. The molecular weight excluding hydrogens is 255 g/mol. The number of hydrogen-bond donors (Lipinski definition) is 1. The topological polar surface area (TPSA) is 26.7 Å². The van der Waals surface area contributed by atoms with Gasteiger partial charge in [-0.15, -0.1) is 0 Å². The molecule has 0 heterocycles. The molecule has 1 aromatic carbocycles. The van der Waals surface area contributed by atoms with Crippen LogP contribution in [-0.4, -0.2) is 54.7 Å². The second-order valence-electron chi connectivity index (χ2n) is 5.57. The van der Waals surface area contributed by atoms with Crippen LogP contribution in [0.25, 0.3) is 0 Å². The van der Waals surface area contributed by atoms with Crippen LogP contribution >= 0.6 is 0 Å². The van der Waals surface area contributed by atoms with E-state index in [1.807, 2.05) is 0 Å². The number of hydrogen-bond acceptors (Lipinski definition) is 3. The number of aliphatic hydroxyl groups is 1. The van der Waals surface area contributed by atoms with E-state index in [1.165, 1.54) is 6.07 Å². The summed E-state index contributed by atoms with van der Waals surface area (Å²) in [5.74, 6) is -0.329. The Balaban J connectivity index is 2.54. The molecule has 0 saturated carbocycles. The molecule has 0 aliphatic heterocycles. The number of nitrogens with zero attached hydrogens (tertiary/aromatic N) is 2. The van der Waals surface area contributed by atoms with E-state index in [0.29, 0.717) is 18.0 Å². The zero-order valence-electron chi connectivity index (χ0n) is 13.0. The second-order valence-corrected chi connectivity index (χ2v) is 5.57. The lowest BCUT2D eigenvalue weighted by atomic mass is 10.1. The quantitative estimate of drug-likeness (QED) is 0.793. The van der Waals surface area contributed by atoms with Crippen LogP contribution in [0.4, 0.5) is 4.39 Å². The first-order valence-corrected chi connectivity index (χ1v) is 7.27. The highest BCUT2D eigenvalue weighted by atomic mass is 19.1. The number of benzene rings is 1. The molecule has 114 valence electrons. The minimum atomic E-state index is -0.739. The number of likely N-dealkylation sites (N-methyl/N-ethyl adjacent to an activating group) is 2. The van der Waals surface area contributed by atoms with Gasteiger partial charge in [0.25, 0.3) is 0 Å². The highest BCUT2D eigenvalue weighted by Gasteiger charge is 2.17. The van der Waals surface area contributed by atoms with Crippen LogP contribution in [-0.2, 0) is 0 Å². The van der Waals surface area contributed by atoms with Crippen LogP contribution in [0.15, 0.2) is 24.3 Å². The maximum atomic E-state index is 13.6. The highest BCUT2D eigenvalue weighted by Crippen LogP contribution is 2.20. The first-order valence-electron chi connectivity index (χ1n) is 7.27. The van der Waals surface area contributed by atoms with Gasteiger partial charge in [-0.25, -0.2) is 4.39 Å². The van der Waals surface area contributed by atoms with Gasteiger partial charge >= 0.3 is 0 Å². The number of rotatable bonds is 8. The van der Waals surface area contributed by atoms with Gasteiger partial charge in [-0.3, -0.25) is 4.90 Å². The van der Waals surface area contributed by atoms with Crippen molar-refractivity contribution in [1.82, 2.24) is 9.80 Å². The lowest BCUT2D eigenvalue weighted by Crippen LogP contribution is -2.40. The minimum absolute atomic E-state index is 0.329. The van der Waals surface area contributed by atoms with Gasteiger partial charge in [0.1, 0.15) is 5.82 Å². The van der Waals surface area contributed by atoms with E-state index >= 15 is 0 Å². The van der Waals surface area contributed by atoms with Crippen LogP contribution < -0.4 is 0 Å². The highest BCUT2D eigenvalue weighted by molar-refractivity contribution is 5.19. The Kier molecular flexibility index (Phi) is 7.13. The van der Waals surface area contributed by atoms with Crippen molar-refractivity contribution < 1.29 is 9.50 Å². The standard InChI is InChI=1S/C16H27FN2O/c1-5-19(13(2)12-18(3)4)11-10-16(20)14-8-6-7-9-15(14)17/h6-9,13,16,20H,5,10-12H2,1-4H3. The fraction of sp³-hybridized carbons (Fsp3) is 0.625. The van der Waals surface area contributed by atoms with E-state index in [1.54, 1.807) is 18.2 Å². The van der Waals surface area contributed by atoms with E-state index < -0.39 is 6.10 Å². The Morgan fingerprint density at radius 3 is 2.45 bits per heavy atom. The van der Waals surface area contributed by atoms with Crippen molar-refractivity contribution in [2.24, 2.45) is 0 Å². The molecule has 0 aromatic heterocycles. The normalized spacial score (nSPS) is 14.8. The summed E-state index contributed by atoms with van der Waals surface area (Å²) in [5.41, 5.74) is 0.392. The minimum Gasteiger partial charge on any atom is -0.388 e. The Labute approximate surface area is 122 Å². The van der Waals surface area contributed by atoms with Gasteiger partial charge in [-0.05, 0) is 40.1 Å². The maximum Gasteiger partial charge on any atom is 0.128 e. The number of aliphatic hydroxyl groups excluding tert-OH is 1. The summed E-state index contributed by atoms with van der Waals surface area (Å²) in [5, 5.41) is 10.1. The summed E-state index contributed by atoms with van der Waals surface area (Å²) < 4.78 is 13.6. The molecule has 0 aliphatic rings. The van der Waals surface area contributed by atoms with Gasteiger partial charge in [0.05, 0.1) is 6.10 Å². The van der Waals surface area contributed by atoms with Gasteiger partial charge in [0.2, 0.25) is 0 Å². The smallest absolute Gasteiger partial charge is 0.128 e. The third kappa shape index (κ3) is 5.19. The van der Waals surface area contributed by atoms with Gasteiger partial charge in [0.15, 0.2) is 0 Å². The van der Waals surface area contributed by atoms with Crippen molar-refractivity contribution in [3.63, 3.8) is 0 Å². The largest absolute Gasteiger partial charge is 0.388 e. The molecule has 4 heteroatoms. The molecule has 1 aromatic rings. The molecular formula is C16H27FN2O. The Morgan fingerprint density at radius 2 is 1.90 bits per heavy atom. The summed E-state index contributed by atoms with van der Waals surface area (Å²) in [6.45, 7) is 6.96. The average Bonchev–Trinajstić information content (AvgIpc) is 2.38. The fourth-order valence-electron chi connectivity index (χ4n) is 2.52. The first kappa shape index (κ1) is 17.1. The molecule has 0 saturated heterocycles. The van der Waals surface area contributed by atoms with Gasteiger partial charge in [0, 0.05) is 24.7 Å². The van der Waals surface area contributed by atoms with Gasteiger partial charge < -0.3 is 10.0 Å². The van der Waals surface area contributed by atoms with Crippen molar-refractivity contribution in [1.29, 1.82) is 0 Å². The molecule has 0 fully saturated rings. The molecule has 0 bridgehead atoms. The van der Waals surface area contributed by atoms with E-state index in [9.17, 15) is 9.50 Å². The maximum absolute atomic E-state index is 13.6. The third-order valence-electron chi connectivity index (χ3n) is 3.61. The lowest BCUT2D eigenvalue weighted by molar-refractivity contribution is 0.118. The molecule has 3 nitrogen and oxygen atoms in total. The molecule has 1 N–H and O–H groups in total. The fourth-order valence-corrected chi connectivity index (χ4v) is 2.52. The Bertz CT molecular complexity index is 398. The zero-order chi connectivity index (χ0) is 15.1. The summed E-state index contributed by atoms with van der Waals surface area (Å²) in [6.07, 6.45) is -0.191. The van der Waals surface area contributed by atoms with Crippen LogP contribution in [0.2, 0.25) is 0 Å². The zero-order valence-corrected chi connectivity index (χ0v) is 13.0. The van der Waals surface area contributed by atoms with E-state index in [0.717, 1.165) is 19.6 Å². The van der Waals surface area contributed by atoms with Crippen molar-refractivity contribution >= 4 is 0 Å². The molecule has 0 amide bonds. The van der Waals surface area contributed by atoms with Crippen molar-refractivity contribution in [2.45, 2.75) is 32.4 Å². The van der Waals surface area contributed by atoms with Crippen LogP contribution in [0.1, 0.15) is 31.9 Å². The van der Waals surface area contributed by atoms with Gasteiger partial charge in [-0.1, -0.05) is 25.1 Å². The second kappa shape index (κ2) is 8.35. The SMILES string of the molecule is CCN(CCC(O)c1ccccc1F)C(C)CN(C)C. The van der Waals surface area contributed by atoms with E-state index in [-0.39, 0.29) is 5.82 Å². The summed E-state index contributed by atoms with van der Waals surface area (Å²) in [7, 11) is 4.11. The summed E-state index contributed by atoms with van der Waals surface area (Å²) >= 11 is 0. The van der Waals surface area contributed by atoms with E-state index in [2.05, 4.69) is 37.7 Å². The van der Waals surface area contributed by atoms with Crippen LogP contribution in [0.3, 0.4) is 0 Å². The van der Waals surface area contributed by atoms with E-state index in [4.69, 9.17) is 0 Å². The van der Waals surface area contributed by atoms with Crippen molar-refractivity contribution in [3.8, 4) is 0 Å². The molecule has 0 aliphatic carbocycles. The third-order valence-corrected chi connectivity index (χ3v) is 3.61. The molecule has 1 rings (SSSR count). The molecule has 2 atom stereocenters. The molecule has 2 unspecified atom stereocenters. The van der Waals surface area contributed by atoms with Crippen molar-refractivity contribution in [3.05, 3.63) is 35.6 Å². The van der Waals surface area contributed by atoms with Crippen molar-refractivity contribution in [2.75, 3.05) is 33.7 Å². The Hall–Kier alpha value is -0.970. The molecule has 0 radical (unpaired) electrons. The molecule has 0 spiro atoms. The lowest BCUT2D eigenvalue weighted by Gasteiger charge is -2.30. The predicted molar refractivity (Wildman–Crippen MR) is 81.2 cm³/mol. The first-order chi connectivity index (χ1) is 9.45. The molecule has 20 heavy (non-hydrogen) atoms. The van der Waals surface area contributed by atoms with Crippen LogP contribution in [0, 0.1) is 5.82 Å². The monoisotopic (exact) mass is 282 g/mol. The number of halogens is 1. The summed E-state index contributed by atoms with van der Waals surface area (Å²) in [4.78, 5) is 4.46. The predicted octanol–water partition coefficient (Wildman–Crippen LogP) is 2.52.